The molecule has 1 saturated heterocycles. The number of nitroso groups, excluding NO2 is 1. The molecule has 10 heteroatoms. The maximum absolute atomic E-state index is 12.6. The summed E-state index contributed by atoms with van der Waals surface area (Å²) >= 11 is 0. The van der Waals surface area contributed by atoms with Crippen LogP contribution in [-0.4, -0.2) is 71.0 Å². The highest BCUT2D eigenvalue weighted by molar-refractivity contribution is 5.92. The van der Waals surface area contributed by atoms with E-state index in [0.29, 0.717) is 25.5 Å². The fourth-order valence-corrected chi connectivity index (χ4v) is 4.55. The number of hydrogen-bond acceptors (Lipinski definition) is 8. The Kier molecular flexibility index (Phi) is 7.79. The summed E-state index contributed by atoms with van der Waals surface area (Å²) in [5.41, 5.74) is 2.84. The molecular formula is C24H31N7O3. The van der Waals surface area contributed by atoms with Crippen molar-refractivity contribution in [3.05, 3.63) is 58.4 Å². The Bertz CT molecular complexity index is 998. The second-order valence-electron chi connectivity index (χ2n) is 8.97. The molecule has 1 unspecified atom stereocenters. The number of nitrogens with one attached hydrogen (secondary N) is 3. The second-order valence-corrected chi connectivity index (χ2v) is 8.97. The summed E-state index contributed by atoms with van der Waals surface area (Å²) in [6, 6.07) is 8.20. The van der Waals surface area contributed by atoms with E-state index in [1.807, 2.05) is 17.0 Å². The van der Waals surface area contributed by atoms with Crippen molar-refractivity contribution in [2.45, 2.75) is 50.7 Å². The minimum absolute atomic E-state index is 0.0866. The monoisotopic (exact) mass is 465 g/mol. The van der Waals surface area contributed by atoms with Crippen molar-refractivity contribution in [2.24, 2.45) is 5.18 Å². The topological polar surface area (TPSA) is 129 Å². The van der Waals surface area contributed by atoms with Crippen molar-refractivity contribution in [3.8, 4) is 0 Å². The van der Waals surface area contributed by atoms with E-state index >= 15 is 0 Å². The number of hydrogen-bond donors (Lipinski definition) is 3. The number of benzene rings is 1. The molecule has 10 nitrogen and oxygen atoms in total. The van der Waals surface area contributed by atoms with Crippen LogP contribution in [0.4, 0.5) is 5.82 Å². The van der Waals surface area contributed by atoms with Crippen LogP contribution in [0.1, 0.15) is 41.4 Å². The number of carbonyl (C=O) groups excluding carboxylic acids is 2. The zero-order valence-electron chi connectivity index (χ0n) is 19.4. The normalized spacial score (nSPS) is 17.1. The molecule has 0 radical (unpaired) electrons. The van der Waals surface area contributed by atoms with Crippen LogP contribution < -0.4 is 16.0 Å². The molecule has 1 aliphatic carbocycles. The Balaban J connectivity index is 1.22. The third-order valence-corrected chi connectivity index (χ3v) is 6.50. The molecule has 4 rings (SSSR count). The van der Waals surface area contributed by atoms with Gasteiger partial charge in [-0.15, -0.1) is 0 Å². The zero-order chi connectivity index (χ0) is 23.9. The van der Waals surface area contributed by atoms with Gasteiger partial charge in [-0.2, -0.15) is 4.91 Å². The molecule has 2 aliphatic rings. The number of fused-ring (bicyclic) bond motifs is 1. The van der Waals surface area contributed by atoms with Crippen molar-refractivity contribution < 1.29 is 9.59 Å². The van der Waals surface area contributed by atoms with Crippen molar-refractivity contribution in [2.75, 3.05) is 31.5 Å². The van der Waals surface area contributed by atoms with Crippen LogP contribution in [0.25, 0.3) is 0 Å². The molecule has 1 aromatic carbocycles. The molecule has 2 aromatic rings. The second kappa shape index (κ2) is 11.1. The largest absolute Gasteiger partial charge is 0.366 e. The molecule has 0 saturated carbocycles. The maximum atomic E-state index is 12.6. The van der Waals surface area contributed by atoms with Gasteiger partial charge in [0.25, 0.3) is 5.91 Å². The highest BCUT2D eigenvalue weighted by Gasteiger charge is 2.23. The fourth-order valence-electron chi connectivity index (χ4n) is 4.55. The minimum Gasteiger partial charge on any atom is -0.366 e. The SMILES string of the molecule is CC(=O)N1CCC(Nc2cncc(C(=O)NCC(CNC3Cc4ccccc4C3)N=O)n2)CC1. The van der Waals surface area contributed by atoms with E-state index in [1.54, 1.807) is 13.1 Å². The third kappa shape index (κ3) is 6.13. The smallest absolute Gasteiger partial charge is 0.271 e. The van der Waals surface area contributed by atoms with Crippen LogP contribution in [0.3, 0.4) is 0 Å². The number of aromatic nitrogens is 2. The molecule has 180 valence electrons. The first-order valence-corrected chi connectivity index (χ1v) is 11.8. The standard InChI is InChI=1S/C24H31N7O3/c1-16(32)31-8-6-19(7-9-31)28-23-15-25-14-22(29-23)24(33)27-13-21(30-34)12-26-20-10-17-4-2-3-5-18(17)11-20/h2-5,14-15,19-21,26H,6-13H2,1H3,(H,27,33)(H,28,29). The molecule has 34 heavy (non-hydrogen) atoms. The van der Waals surface area contributed by atoms with E-state index < -0.39 is 11.9 Å². The van der Waals surface area contributed by atoms with Gasteiger partial charge >= 0.3 is 0 Å². The van der Waals surface area contributed by atoms with E-state index in [-0.39, 0.29) is 30.2 Å². The maximum Gasteiger partial charge on any atom is 0.271 e. The van der Waals surface area contributed by atoms with Crippen LogP contribution >= 0.6 is 0 Å². The molecule has 1 aliphatic heterocycles. The number of likely N-dealkylation sites (tertiary alicyclic amines) is 1. The summed E-state index contributed by atoms with van der Waals surface area (Å²) < 4.78 is 0. The van der Waals surface area contributed by atoms with Gasteiger partial charge in [-0.25, -0.2) is 4.98 Å². The van der Waals surface area contributed by atoms with E-state index in [1.165, 1.54) is 17.3 Å². The molecular weight excluding hydrogens is 434 g/mol. The van der Waals surface area contributed by atoms with Gasteiger partial charge in [-0.1, -0.05) is 29.4 Å². The fraction of sp³-hybridized carbons (Fsp3) is 0.500. The van der Waals surface area contributed by atoms with E-state index in [9.17, 15) is 14.5 Å². The third-order valence-electron chi connectivity index (χ3n) is 6.50. The van der Waals surface area contributed by atoms with Crippen molar-refractivity contribution in [3.63, 3.8) is 0 Å². The zero-order valence-corrected chi connectivity index (χ0v) is 19.4. The van der Waals surface area contributed by atoms with Crippen LogP contribution in [0.2, 0.25) is 0 Å². The van der Waals surface area contributed by atoms with E-state index in [2.05, 4.69) is 43.2 Å². The summed E-state index contributed by atoms with van der Waals surface area (Å²) in [5.74, 6) is 0.203. The Hall–Kier alpha value is -3.40. The lowest BCUT2D eigenvalue weighted by molar-refractivity contribution is -0.129. The van der Waals surface area contributed by atoms with Gasteiger partial charge in [-0.3, -0.25) is 14.6 Å². The molecule has 1 atom stereocenters. The number of anilines is 1. The lowest BCUT2D eigenvalue weighted by Gasteiger charge is -2.31. The number of rotatable bonds is 9. The predicted molar refractivity (Wildman–Crippen MR) is 128 cm³/mol. The van der Waals surface area contributed by atoms with Crippen LogP contribution in [0.15, 0.2) is 41.8 Å². The number of carbonyl (C=O) groups is 2. The van der Waals surface area contributed by atoms with Gasteiger partial charge in [0, 0.05) is 45.2 Å². The summed E-state index contributed by atoms with van der Waals surface area (Å²) in [6.07, 6.45) is 6.45. The van der Waals surface area contributed by atoms with Gasteiger partial charge in [0.1, 0.15) is 17.6 Å². The van der Waals surface area contributed by atoms with E-state index in [0.717, 1.165) is 25.7 Å². The molecule has 2 amide bonds. The highest BCUT2D eigenvalue weighted by atomic mass is 16.3. The van der Waals surface area contributed by atoms with Crippen molar-refractivity contribution >= 4 is 17.6 Å². The average molecular weight is 466 g/mol. The molecule has 0 spiro atoms. The van der Waals surface area contributed by atoms with Gasteiger partial charge < -0.3 is 20.9 Å². The molecule has 2 heterocycles. The van der Waals surface area contributed by atoms with Crippen molar-refractivity contribution in [1.29, 1.82) is 0 Å². The molecule has 1 aromatic heterocycles. The lowest BCUT2D eigenvalue weighted by atomic mass is 10.1. The predicted octanol–water partition coefficient (Wildman–Crippen LogP) is 1.52. The molecule has 1 fully saturated rings. The Morgan fingerprint density at radius 2 is 1.79 bits per heavy atom. The number of piperidine rings is 1. The molecule has 3 N–H and O–H groups in total. The van der Waals surface area contributed by atoms with Gasteiger partial charge in [0.2, 0.25) is 5.91 Å². The number of amides is 2. The van der Waals surface area contributed by atoms with Gasteiger partial charge in [0.15, 0.2) is 0 Å². The molecule has 0 bridgehead atoms. The van der Waals surface area contributed by atoms with E-state index in [4.69, 9.17) is 0 Å². The summed E-state index contributed by atoms with van der Waals surface area (Å²) in [4.78, 5) is 45.7. The summed E-state index contributed by atoms with van der Waals surface area (Å²) in [6.45, 7) is 3.49. The van der Waals surface area contributed by atoms with Crippen LogP contribution in [-0.2, 0) is 17.6 Å². The Morgan fingerprint density at radius 3 is 2.44 bits per heavy atom. The van der Waals surface area contributed by atoms with Crippen LogP contribution in [0.5, 0.6) is 0 Å². The minimum atomic E-state index is -0.576. The average Bonchev–Trinajstić information content (AvgIpc) is 3.27. The van der Waals surface area contributed by atoms with Crippen molar-refractivity contribution in [1.82, 2.24) is 25.5 Å². The van der Waals surface area contributed by atoms with Gasteiger partial charge in [-0.05, 0) is 36.8 Å². The van der Waals surface area contributed by atoms with Gasteiger partial charge in [0.05, 0.1) is 12.4 Å². The summed E-state index contributed by atoms with van der Waals surface area (Å²) in [5, 5.41) is 12.6. The number of nitrogens with zero attached hydrogens (tertiary/aromatic N) is 4. The Labute approximate surface area is 198 Å². The first-order valence-electron chi connectivity index (χ1n) is 11.8. The Morgan fingerprint density at radius 1 is 1.09 bits per heavy atom. The quantitative estimate of drug-likeness (QED) is 0.479. The van der Waals surface area contributed by atoms with Crippen LogP contribution in [0, 0.1) is 4.91 Å². The lowest BCUT2D eigenvalue weighted by Crippen LogP contribution is -2.41. The highest BCUT2D eigenvalue weighted by Crippen LogP contribution is 2.21. The summed E-state index contributed by atoms with van der Waals surface area (Å²) in [7, 11) is 0. The first kappa shape index (κ1) is 23.7. The first-order chi connectivity index (χ1) is 16.5.